The number of Topliss-reactive ketones (excluding diaryl/α,β-unsaturated/α-hetero) is 1. The molecule has 2 aromatic carbocycles. The van der Waals surface area contributed by atoms with Gasteiger partial charge in [-0.25, -0.2) is 9.18 Å². The molecule has 0 spiro atoms. The number of amides is 4. The minimum Gasteiger partial charge on any atom is -0.337 e. The SMILES string of the molecule is CC(=O)c1ccc(NC(=O)N2CCC(=O)N3[C@@H](C4CCCCC4)C(=O)N(CCc4cccc(F)c4)C[C@H]23)cc1. The van der Waals surface area contributed by atoms with E-state index in [4.69, 9.17) is 0 Å². The van der Waals surface area contributed by atoms with Gasteiger partial charge in [0.25, 0.3) is 0 Å². The number of hydrogen-bond acceptors (Lipinski definition) is 4. The third-order valence-corrected chi connectivity index (χ3v) is 8.24. The average Bonchev–Trinajstić information content (AvgIpc) is 2.93. The van der Waals surface area contributed by atoms with E-state index in [1.165, 1.54) is 19.1 Å². The van der Waals surface area contributed by atoms with E-state index in [0.29, 0.717) is 24.2 Å². The number of rotatable bonds is 6. The predicted octanol–water partition coefficient (Wildman–Crippen LogP) is 4.45. The number of piperazine rings is 1. The van der Waals surface area contributed by atoms with Crippen LogP contribution in [0.4, 0.5) is 14.9 Å². The molecule has 1 saturated carbocycles. The first-order valence-electron chi connectivity index (χ1n) is 13.8. The van der Waals surface area contributed by atoms with Crippen molar-refractivity contribution in [2.45, 2.75) is 64.1 Å². The van der Waals surface area contributed by atoms with Crippen LogP contribution in [0.3, 0.4) is 0 Å². The van der Waals surface area contributed by atoms with E-state index in [1.807, 2.05) is 6.07 Å². The predicted molar refractivity (Wildman–Crippen MR) is 144 cm³/mol. The van der Waals surface area contributed by atoms with Crippen LogP contribution >= 0.6 is 0 Å². The third-order valence-electron chi connectivity index (χ3n) is 8.24. The van der Waals surface area contributed by atoms with Gasteiger partial charge in [0.2, 0.25) is 11.8 Å². The maximum Gasteiger partial charge on any atom is 0.323 e. The Morgan fingerprint density at radius 2 is 1.77 bits per heavy atom. The molecule has 3 fully saturated rings. The van der Waals surface area contributed by atoms with Crippen LogP contribution in [0.25, 0.3) is 0 Å². The quantitative estimate of drug-likeness (QED) is 0.555. The van der Waals surface area contributed by atoms with Gasteiger partial charge in [-0.1, -0.05) is 31.4 Å². The second-order valence-electron chi connectivity index (χ2n) is 10.8. The van der Waals surface area contributed by atoms with Crippen molar-refractivity contribution in [1.29, 1.82) is 0 Å². The minimum absolute atomic E-state index is 0.0526. The Morgan fingerprint density at radius 3 is 2.46 bits per heavy atom. The van der Waals surface area contributed by atoms with Crippen LogP contribution in [-0.4, -0.2) is 70.2 Å². The molecule has 0 aromatic heterocycles. The minimum atomic E-state index is -0.602. The highest BCUT2D eigenvalue weighted by Gasteiger charge is 2.51. The lowest BCUT2D eigenvalue weighted by Gasteiger charge is -2.54. The first-order chi connectivity index (χ1) is 18.8. The van der Waals surface area contributed by atoms with Crippen LogP contribution in [-0.2, 0) is 16.0 Å². The van der Waals surface area contributed by atoms with E-state index in [-0.39, 0.29) is 54.9 Å². The van der Waals surface area contributed by atoms with E-state index in [0.717, 1.165) is 37.7 Å². The van der Waals surface area contributed by atoms with Gasteiger partial charge in [-0.05, 0) is 74.1 Å². The fourth-order valence-electron chi connectivity index (χ4n) is 6.19. The Kier molecular flexibility index (Phi) is 7.95. The number of urea groups is 1. The third kappa shape index (κ3) is 5.82. The molecule has 1 N–H and O–H groups in total. The molecule has 0 bridgehead atoms. The maximum atomic E-state index is 13.9. The maximum absolute atomic E-state index is 13.9. The first kappa shape index (κ1) is 26.8. The summed E-state index contributed by atoms with van der Waals surface area (Å²) in [5.41, 5.74) is 1.90. The number of ketones is 1. The lowest BCUT2D eigenvalue weighted by Crippen LogP contribution is -2.73. The number of anilines is 1. The number of carbonyl (C=O) groups is 4. The molecular weight excluding hydrogens is 499 g/mol. The summed E-state index contributed by atoms with van der Waals surface area (Å²) in [6.07, 6.45) is 4.96. The van der Waals surface area contributed by atoms with Crippen molar-refractivity contribution in [2.24, 2.45) is 5.92 Å². The van der Waals surface area contributed by atoms with Gasteiger partial charge in [-0.3, -0.25) is 14.4 Å². The molecule has 3 aliphatic rings. The molecule has 2 aliphatic heterocycles. The van der Waals surface area contributed by atoms with Crippen LogP contribution in [0.1, 0.15) is 61.4 Å². The summed E-state index contributed by atoms with van der Waals surface area (Å²) in [4.78, 5) is 57.4. The van der Waals surface area contributed by atoms with Gasteiger partial charge in [-0.2, -0.15) is 0 Å². The Labute approximate surface area is 228 Å². The zero-order valence-electron chi connectivity index (χ0n) is 22.3. The van der Waals surface area contributed by atoms with Gasteiger partial charge in [-0.15, -0.1) is 0 Å². The monoisotopic (exact) mass is 534 g/mol. The van der Waals surface area contributed by atoms with Gasteiger partial charge in [0, 0.05) is 30.8 Å². The smallest absolute Gasteiger partial charge is 0.323 e. The summed E-state index contributed by atoms with van der Waals surface area (Å²) in [7, 11) is 0. The number of hydrogen-bond donors (Lipinski definition) is 1. The molecule has 4 amide bonds. The number of fused-ring (bicyclic) bond motifs is 1. The van der Waals surface area contributed by atoms with E-state index >= 15 is 0 Å². The molecule has 2 aromatic rings. The largest absolute Gasteiger partial charge is 0.337 e. The highest BCUT2D eigenvalue weighted by Crippen LogP contribution is 2.36. The number of nitrogens with zero attached hydrogens (tertiary/aromatic N) is 3. The molecule has 8 nitrogen and oxygen atoms in total. The summed E-state index contributed by atoms with van der Waals surface area (Å²) in [6, 6.07) is 12.1. The average molecular weight is 535 g/mol. The second-order valence-corrected chi connectivity index (χ2v) is 10.8. The summed E-state index contributed by atoms with van der Waals surface area (Å²) in [5.74, 6) is -0.497. The van der Waals surface area contributed by atoms with Gasteiger partial charge < -0.3 is 20.0 Å². The van der Waals surface area contributed by atoms with Crippen molar-refractivity contribution in [3.05, 3.63) is 65.5 Å². The van der Waals surface area contributed by atoms with Crippen molar-refractivity contribution in [2.75, 3.05) is 25.0 Å². The molecule has 9 heteroatoms. The van der Waals surface area contributed by atoms with E-state index in [1.54, 1.807) is 45.0 Å². The zero-order chi connectivity index (χ0) is 27.5. The van der Waals surface area contributed by atoms with E-state index in [2.05, 4.69) is 5.32 Å². The topological polar surface area (TPSA) is 90.0 Å². The van der Waals surface area contributed by atoms with Crippen LogP contribution in [0.2, 0.25) is 0 Å². The van der Waals surface area contributed by atoms with Crippen LogP contribution in [0.15, 0.2) is 48.5 Å². The number of carbonyl (C=O) groups excluding carboxylic acids is 4. The van der Waals surface area contributed by atoms with E-state index < -0.39 is 12.2 Å². The van der Waals surface area contributed by atoms with Crippen LogP contribution in [0.5, 0.6) is 0 Å². The zero-order valence-corrected chi connectivity index (χ0v) is 22.3. The second kappa shape index (κ2) is 11.6. The van der Waals surface area contributed by atoms with Gasteiger partial charge in [0.15, 0.2) is 5.78 Å². The normalized spacial score (nSPS) is 22.1. The number of halogens is 1. The molecule has 206 valence electrons. The molecule has 1 aliphatic carbocycles. The molecule has 2 saturated heterocycles. The number of benzene rings is 2. The summed E-state index contributed by atoms with van der Waals surface area (Å²) < 4.78 is 13.8. The summed E-state index contributed by atoms with van der Waals surface area (Å²) in [6.45, 7) is 2.33. The lowest BCUT2D eigenvalue weighted by molar-refractivity contribution is -0.170. The van der Waals surface area contributed by atoms with Crippen molar-refractivity contribution < 1.29 is 23.6 Å². The van der Waals surface area contributed by atoms with Crippen molar-refractivity contribution in [3.8, 4) is 0 Å². The highest BCUT2D eigenvalue weighted by molar-refractivity contribution is 5.96. The summed E-state index contributed by atoms with van der Waals surface area (Å²) >= 11 is 0. The Balaban J connectivity index is 1.39. The summed E-state index contributed by atoms with van der Waals surface area (Å²) in [5, 5.41) is 2.90. The van der Waals surface area contributed by atoms with Crippen LogP contribution in [0, 0.1) is 11.7 Å². The lowest BCUT2D eigenvalue weighted by atomic mass is 9.81. The Bertz CT molecular complexity index is 1240. The molecule has 39 heavy (non-hydrogen) atoms. The van der Waals surface area contributed by atoms with Crippen molar-refractivity contribution in [1.82, 2.24) is 14.7 Å². The van der Waals surface area contributed by atoms with Crippen molar-refractivity contribution >= 4 is 29.3 Å². The molecule has 0 radical (unpaired) electrons. The molecular formula is C30H35FN4O4. The van der Waals surface area contributed by atoms with Gasteiger partial charge in [0.05, 0.1) is 6.54 Å². The molecule has 2 atom stereocenters. The Morgan fingerprint density at radius 1 is 1.03 bits per heavy atom. The highest BCUT2D eigenvalue weighted by atomic mass is 19.1. The van der Waals surface area contributed by atoms with Gasteiger partial charge >= 0.3 is 6.03 Å². The molecule has 0 unspecified atom stereocenters. The van der Waals surface area contributed by atoms with Gasteiger partial charge in [0.1, 0.15) is 18.0 Å². The number of nitrogens with one attached hydrogen (secondary N) is 1. The molecule has 2 heterocycles. The van der Waals surface area contributed by atoms with Crippen molar-refractivity contribution in [3.63, 3.8) is 0 Å². The molecule has 5 rings (SSSR count). The Hall–Kier alpha value is -3.75. The fraction of sp³-hybridized carbons (Fsp3) is 0.467. The van der Waals surface area contributed by atoms with Crippen LogP contribution < -0.4 is 5.32 Å². The van der Waals surface area contributed by atoms with E-state index in [9.17, 15) is 23.6 Å². The first-order valence-corrected chi connectivity index (χ1v) is 13.8. The standard InChI is InChI=1S/C30H35FN4O4/c1-20(36)22-10-12-25(13-11-22)32-30(39)34-17-15-27(37)35-26(34)19-33(16-14-21-6-5-9-24(31)18-21)29(38)28(35)23-7-3-2-4-8-23/h5-6,9-13,18,23,26,28H,2-4,7-8,14-17,19H2,1H3,(H,32,39)/t26-,28+/m1/s1. The fourth-order valence-corrected chi connectivity index (χ4v) is 6.19.